The molecule has 2 N–H and O–H groups in total. The molecule has 7 heteroatoms. The number of hydrogen-bond donors (Lipinski definition) is 1. The topological polar surface area (TPSA) is 82.1 Å². The van der Waals surface area contributed by atoms with Crippen LogP contribution in [0.4, 0.5) is 5.82 Å². The van der Waals surface area contributed by atoms with Crippen LogP contribution in [0.25, 0.3) is 16.7 Å². The van der Waals surface area contributed by atoms with E-state index in [4.69, 9.17) is 10.5 Å². The van der Waals surface area contributed by atoms with Gasteiger partial charge in [0, 0.05) is 19.1 Å². The first-order valence-corrected chi connectivity index (χ1v) is 7.60. The third-order valence-electron chi connectivity index (χ3n) is 4.18. The molecule has 1 fully saturated rings. The number of fused-ring (bicyclic) bond motifs is 1. The second-order valence-electron chi connectivity index (χ2n) is 5.66. The summed E-state index contributed by atoms with van der Waals surface area (Å²) in [6.45, 7) is 1.72. The van der Waals surface area contributed by atoms with E-state index < -0.39 is 0 Å². The zero-order chi connectivity index (χ0) is 15.8. The van der Waals surface area contributed by atoms with Gasteiger partial charge in [0.15, 0.2) is 5.65 Å². The lowest BCUT2D eigenvalue weighted by atomic mass is 10.3. The number of methoxy groups -OCH3 is 1. The molecule has 0 radical (unpaired) electrons. The molecule has 4 rings (SSSR count). The van der Waals surface area contributed by atoms with Crippen LogP contribution in [0, 0.1) is 0 Å². The fourth-order valence-electron chi connectivity index (χ4n) is 3.04. The summed E-state index contributed by atoms with van der Waals surface area (Å²) in [6.07, 6.45) is 4.36. The van der Waals surface area contributed by atoms with Gasteiger partial charge in [0.1, 0.15) is 23.6 Å². The smallest absolute Gasteiger partial charge is 0.168 e. The molecule has 0 bridgehead atoms. The molecular weight excluding hydrogens is 292 g/mol. The van der Waals surface area contributed by atoms with Gasteiger partial charge in [0.05, 0.1) is 18.7 Å². The molecule has 23 heavy (non-hydrogen) atoms. The zero-order valence-corrected chi connectivity index (χ0v) is 12.9. The van der Waals surface area contributed by atoms with E-state index in [2.05, 4.69) is 20.0 Å². The van der Waals surface area contributed by atoms with Gasteiger partial charge in [-0.2, -0.15) is 5.10 Å². The van der Waals surface area contributed by atoms with Crippen LogP contribution in [-0.4, -0.2) is 46.0 Å². The maximum Gasteiger partial charge on any atom is 0.168 e. The standard InChI is InChI=1S/C16H18N6O/c1-23-14-5-3-2-4-13(14)22-16-12(8-20-22)15(18-10-19-16)21-7-6-11(17)9-21/h2-5,8,10-11H,6-7,9,17H2,1H3. The minimum atomic E-state index is 0.198. The first-order valence-electron chi connectivity index (χ1n) is 7.60. The number of nitrogens with two attached hydrogens (primary N) is 1. The minimum absolute atomic E-state index is 0.198. The van der Waals surface area contributed by atoms with E-state index in [1.165, 1.54) is 0 Å². The van der Waals surface area contributed by atoms with Crippen molar-refractivity contribution in [2.45, 2.75) is 12.5 Å². The van der Waals surface area contributed by atoms with Crippen LogP contribution in [0.1, 0.15) is 6.42 Å². The summed E-state index contributed by atoms with van der Waals surface area (Å²) in [5, 5.41) is 5.43. The number of anilines is 1. The fraction of sp³-hybridized carbons (Fsp3) is 0.312. The number of rotatable bonds is 3. The molecule has 1 aliphatic heterocycles. The summed E-state index contributed by atoms with van der Waals surface area (Å²) in [6, 6.07) is 7.94. The van der Waals surface area contributed by atoms with Crippen molar-refractivity contribution in [1.29, 1.82) is 0 Å². The molecule has 0 saturated carbocycles. The number of aromatic nitrogens is 4. The molecule has 0 aliphatic carbocycles. The average molecular weight is 310 g/mol. The Balaban J connectivity index is 1.85. The number of para-hydroxylation sites is 2. The molecule has 118 valence electrons. The lowest BCUT2D eigenvalue weighted by molar-refractivity contribution is 0.412. The summed E-state index contributed by atoms with van der Waals surface area (Å²) in [5.74, 6) is 1.64. The Bertz CT molecular complexity index is 845. The van der Waals surface area contributed by atoms with E-state index >= 15 is 0 Å². The van der Waals surface area contributed by atoms with Gasteiger partial charge < -0.3 is 15.4 Å². The molecular formula is C16H18N6O. The highest BCUT2D eigenvalue weighted by Crippen LogP contribution is 2.29. The Morgan fingerprint density at radius 3 is 2.91 bits per heavy atom. The lowest BCUT2D eigenvalue weighted by Crippen LogP contribution is -2.27. The molecule has 3 aromatic rings. The molecule has 2 aromatic heterocycles. The highest BCUT2D eigenvalue weighted by molar-refractivity contribution is 5.88. The maximum atomic E-state index is 6.02. The van der Waals surface area contributed by atoms with Crippen LogP contribution in [0.15, 0.2) is 36.8 Å². The van der Waals surface area contributed by atoms with Gasteiger partial charge in [-0.25, -0.2) is 14.6 Å². The zero-order valence-electron chi connectivity index (χ0n) is 12.9. The van der Waals surface area contributed by atoms with E-state index in [0.717, 1.165) is 47.8 Å². The summed E-state index contributed by atoms with van der Waals surface area (Å²) in [4.78, 5) is 11.1. The molecule has 3 heterocycles. The van der Waals surface area contributed by atoms with Crippen LogP contribution in [0.2, 0.25) is 0 Å². The van der Waals surface area contributed by atoms with Crippen LogP contribution in [0.5, 0.6) is 5.75 Å². The number of nitrogens with zero attached hydrogens (tertiary/aromatic N) is 5. The molecule has 1 atom stereocenters. The highest BCUT2D eigenvalue weighted by atomic mass is 16.5. The first kappa shape index (κ1) is 14.0. The molecule has 1 saturated heterocycles. The van der Waals surface area contributed by atoms with Gasteiger partial charge in [0.25, 0.3) is 0 Å². The van der Waals surface area contributed by atoms with Crippen molar-refractivity contribution in [3.8, 4) is 11.4 Å². The van der Waals surface area contributed by atoms with Gasteiger partial charge in [-0.15, -0.1) is 0 Å². The molecule has 1 aliphatic rings. The van der Waals surface area contributed by atoms with Crippen molar-refractivity contribution < 1.29 is 4.74 Å². The normalized spacial score (nSPS) is 17.8. The van der Waals surface area contributed by atoms with E-state index in [1.807, 2.05) is 24.3 Å². The molecule has 0 amide bonds. The Hall–Kier alpha value is -2.67. The van der Waals surface area contributed by atoms with Crippen LogP contribution in [0.3, 0.4) is 0 Å². The SMILES string of the molecule is COc1ccccc1-n1ncc2c(N3CCC(N)C3)ncnc21. The van der Waals surface area contributed by atoms with Gasteiger partial charge in [-0.1, -0.05) is 12.1 Å². The summed E-state index contributed by atoms with van der Waals surface area (Å²) in [7, 11) is 1.65. The lowest BCUT2D eigenvalue weighted by Gasteiger charge is -2.17. The molecule has 1 unspecified atom stereocenters. The monoisotopic (exact) mass is 310 g/mol. The highest BCUT2D eigenvalue weighted by Gasteiger charge is 2.23. The van der Waals surface area contributed by atoms with E-state index in [9.17, 15) is 0 Å². The summed E-state index contributed by atoms with van der Waals surface area (Å²) >= 11 is 0. The van der Waals surface area contributed by atoms with Gasteiger partial charge in [0.2, 0.25) is 0 Å². The first-order chi connectivity index (χ1) is 11.3. The largest absolute Gasteiger partial charge is 0.494 e. The summed E-state index contributed by atoms with van der Waals surface area (Å²) < 4.78 is 7.22. The van der Waals surface area contributed by atoms with Crippen molar-refractivity contribution in [2.75, 3.05) is 25.1 Å². The average Bonchev–Trinajstić information content (AvgIpc) is 3.20. The Labute approximate surface area is 133 Å². The van der Waals surface area contributed by atoms with E-state index in [-0.39, 0.29) is 6.04 Å². The Morgan fingerprint density at radius 1 is 1.26 bits per heavy atom. The van der Waals surface area contributed by atoms with Crippen LogP contribution in [-0.2, 0) is 0 Å². The molecule has 0 spiro atoms. The quantitative estimate of drug-likeness (QED) is 0.786. The number of ether oxygens (including phenoxy) is 1. The Morgan fingerprint density at radius 2 is 2.13 bits per heavy atom. The number of hydrogen-bond acceptors (Lipinski definition) is 6. The van der Waals surface area contributed by atoms with Gasteiger partial charge in [-0.3, -0.25) is 0 Å². The minimum Gasteiger partial charge on any atom is -0.494 e. The Kier molecular flexibility index (Phi) is 3.34. The van der Waals surface area contributed by atoms with Crippen molar-refractivity contribution in [2.24, 2.45) is 5.73 Å². The molecule has 7 nitrogen and oxygen atoms in total. The third-order valence-corrected chi connectivity index (χ3v) is 4.18. The van der Waals surface area contributed by atoms with Crippen molar-refractivity contribution in [3.63, 3.8) is 0 Å². The maximum absolute atomic E-state index is 6.02. The van der Waals surface area contributed by atoms with Crippen LogP contribution >= 0.6 is 0 Å². The van der Waals surface area contributed by atoms with Crippen molar-refractivity contribution in [3.05, 3.63) is 36.8 Å². The van der Waals surface area contributed by atoms with Gasteiger partial charge in [-0.05, 0) is 18.6 Å². The van der Waals surface area contributed by atoms with Crippen molar-refractivity contribution >= 4 is 16.9 Å². The molecule has 1 aromatic carbocycles. The predicted octanol–water partition coefficient (Wildman–Crippen LogP) is 1.36. The number of benzene rings is 1. The van der Waals surface area contributed by atoms with E-state index in [0.29, 0.717) is 0 Å². The fourth-order valence-corrected chi connectivity index (χ4v) is 3.04. The predicted molar refractivity (Wildman–Crippen MR) is 88.0 cm³/mol. The van der Waals surface area contributed by atoms with Gasteiger partial charge >= 0.3 is 0 Å². The van der Waals surface area contributed by atoms with Crippen LogP contribution < -0.4 is 15.4 Å². The second-order valence-corrected chi connectivity index (χ2v) is 5.66. The van der Waals surface area contributed by atoms with Crippen molar-refractivity contribution in [1.82, 2.24) is 19.7 Å². The third kappa shape index (κ3) is 2.29. The second kappa shape index (κ2) is 5.51. The van der Waals surface area contributed by atoms with E-state index in [1.54, 1.807) is 24.3 Å². The summed E-state index contributed by atoms with van der Waals surface area (Å²) in [5.41, 5.74) is 7.64.